The van der Waals surface area contributed by atoms with Crippen molar-refractivity contribution >= 4 is 0 Å². The fraction of sp³-hybridized carbons (Fsp3) is 0.538. The Balaban J connectivity index is 1.85. The van der Waals surface area contributed by atoms with Crippen LogP contribution in [0, 0.1) is 5.92 Å². The monoisotopic (exact) mass is 205 g/mol. The third-order valence-electron chi connectivity index (χ3n) is 3.17. The van der Waals surface area contributed by atoms with Gasteiger partial charge in [0.05, 0.1) is 6.10 Å². The molecule has 2 heteroatoms. The van der Waals surface area contributed by atoms with Crippen LogP contribution in [0.15, 0.2) is 30.3 Å². The SMILES string of the molecule is CCNCC(O)C1CC1c1ccccc1. The van der Waals surface area contributed by atoms with E-state index < -0.39 is 0 Å². The molecule has 82 valence electrons. The first-order valence-corrected chi connectivity index (χ1v) is 5.76. The normalized spacial score (nSPS) is 26.3. The van der Waals surface area contributed by atoms with Gasteiger partial charge in [-0.1, -0.05) is 37.3 Å². The van der Waals surface area contributed by atoms with Crippen molar-refractivity contribution in [3.63, 3.8) is 0 Å². The van der Waals surface area contributed by atoms with E-state index in [4.69, 9.17) is 0 Å². The molecular weight excluding hydrogens is 186 g/mol. The molecule has 0 aliphatic heterocycles. The van der Waals surface area contributed by atoms with Gasteiger partial charge in [-0.2, -0.15) is 0 Å². The second-order valence-electron chi connectivity index (χ2n) is 4.29. The molecule has 1 aromatic rings. The maximum atomic E-state index is 9.89. The van der Waals surface area contributed by atoms with Crippen molar-refractivity contribution in [2.24, 2.45) is 5.92 Å². The molecule has 0 aromatic heterocycles. The van der Waals surface area contributed by atoms with Crippen molar-refractivity contribution in [1.82, 2.24) is 5.32 Å². The molecule has 0 heterocycles. The molecule has 0 bridgehead atoms. The Kier molecular flexibility index (Phi) is 3.39. The van der Waals surface area contributed by atoms with Crippen LogP contribution in [0.4, 0.5) is 0 Å². The summed E-state index contributed by atoms with van der Waals surface area (Å²) in [4.78, 5) is 0. The molecule has 2 nitrogen and oxygen atoms in total. The number of aliphatic hydroxyl groups excluding tert-OH is 1. The van der Waals surface area contributed by atoms with Gasteiger partial charge in [0.2, 0.25) is 0 Å². The van der Waals surface area contributed by atoms with E-state index >= 15 is 0 Å². The van der Waals surface area contributed by atoms with Crippen molar-refractivity contribution in [2.75, 3.05) is 13.1 Å². The highest BCUT2D eigenvalue weighted by molar-refractivity contribution is 5.26. The quantitative estimate of drug-likeness (QED) is 0.767. The molecule has 1 saturated carbocycles. The van der Waals surface area contributed by atoms with Crippen LogP contribution in [-0.2, 0) is 0 Å². The topological polar surface area (TPSA) is 32.3 Å². The molecule has 0 radical (unpaired) electrons. The molecule has 0 amide bonds. The Morgan fingerprint density at radius 3 is 2.80 bits per heavy atom. The predicted molar refractivity (Wildman–Crippen MR) is 61.8 cm³/mol. The zero-order chi connectivity index (χ0) is 10.7. The van der Waals surface area contributed by atoms with E-state index in [9.17, 15) is 5.11 Å². The Hall–Kier alpha value is -0.860. The fourth-order valence-electron chi connectivity index (χ4n) is 2.17. The zero-order valence-corrected chi connectivity index (χ0v) is 9.19. The molecule has 0 saturated heterocycles. The molecule has 2 rings (SSSR count). The lowest BCUT2D eigenvalue weighted by molar-refractivity contribution is 0.147. The van der Waals surface area contributed by atoms with Crippen LogP contribution in [0.1, 0.15) is 24.8 Å². The summed E-state index contributed by atoms with van der Waals surface area (Å²) in [5.41, 5.74) is 1.37. The van der Waals surface area contributed by atoms with Crippen molar-refractivity contribution < 1.29 is 5.11 Å². The summed E-state index contributed by atoms with van der Waals surface area (Å²) >= 11 is 0. The molecular formula is C13H19NO. The van der Waals surface area contributed by atoms with Crippen LogP contribution in [-0.4, -0.2) is 24.3 Å². The van der Waals surface area contributed by atoms with Gasteiger partial charge in [-0.05, 0) is 30.4 Å². The van der Waals surface area contributed by atoms with Gasteiger partial charge in [-0.25, -0.2) is 0 Å². The van der Waals surface area contributed by atoms with Gasteiger partial charge in [0.1, 0.15) is 0 Å². The third kappa shape index (κ3) is 2.58. The highest BCUT2D eigenvalue weighted by Gasteiger charge is 2.42. The summed E-state index contributed by atoms with van der Waals surface area (Å²) in [5, 5.41) is 13.1. The second kappa shape index (κ2) is 4.77. The average Bonchev–Trinajstić information content (AvgIpc) is 3.07. The first-order valence-electron chi connectivity index (χ1n) is 5.76. The minimum absolute atomic E-state index is 0.185. The Morgan fingerprint density at radius 1 is 1.40 bits per heavy atom. The number of nitrogens with one attached hydrogen (secondary N) is 1. The molecule has 1 aromatic carbocycles. The number of likely N-dealkylation sites (N-methyl/N-ethyl adjacent to an activating group) is 1. The number of hydrogen-bond donors (Lipinski definition) is 2. The Labute approximate surface area is 91.3 Å². The van der Waals surface area contributed by atoms with Crippen molar-refractivity contribution in [3.05, 3.63) is 35.9 Å². The molecule has 1 fully saturated rings. The molecule has 1 aliphatic rings. The second-order valence-corrected chi connectivity index (χ2v) is 4.29. The Morgan fingerprint density at radius 2 is 2.13 bits per heavy atom. The standard InChI is InChI=1S/C13H19NO/c1-2-14-9-13(15)12-8-11(12)10-6-4-3-5-7-10/h3-7,11-15H,2,8-9H2,1H3. The number of benzene rings is 1. The van der Waals surface area contributed by atoms with Gasteiger partial charge in [-0.3, -0.25) is 0 Å². The van der Waals surface area contributed by atoms with E-state index in [1.54, 1.807) is 0 Å². The van der Waals surface area contributed by atoms with Crippen molar-refractivity contribution in [2.45, 2.75) is 25.4 Å². The van der Waals surface area contributed by atoms with E-state index in [-0.39, 0.29) is 6.10 Å². The summed E-state index contributed by atoms with van der Waals surface area (Å²) in [6.07, 6.45) is 0.950. The smallest absolute Gasteiger partial charge is 0.0698 e. The molecule has 3 unspecified atom stereocenters. The van der Waals surface area contributed by atoms with Crippen LogP contribution in [0.5, 0.6) is 0 Å². The highest BCUT2D eigenvalue weighted by Crippen LogP contribution is 2.49. The van der Waals surface area contributed by atoms with Crippen molar-refractivity contribution in [3.8, 4) is 0 Å². The maximum Gasteiger partial charge on any atom is 0.0698 e. The number of aliphatic hydroxyl groups is 1. The van der Waals surface area contributed by atoms with E-state index in [0.717, 1.165) is 19.5 Å². The van der Waals surface area contributed by atoms with E-state index in [0.29, 0.717) is 11.8 Å². The zero-order valence-electron chi connectivity index (χ0n) is 9.19. The van der Waals surface area contributed by atoms with Crippen LogP contribution >= 0.6 is 0 Å². The van der Waals surface area contributed by atoms with Crippen LogP contribution in [0.3, 0.4) is 0 Å². The van der Waals surface area contributed by atoms with E-state index in [2.05, 4.69) is 36.5 Å². The lowest BCUT2D eigenvalue weighted by atomic mass is 10.1. The summed E-state index contributed by atoms with van der Waals surface area (Å²) < 4.78 is 0. The van der Waals surface area contributed by atoms with E-state index in [1.807, 2.05) is 6.07 Å². The van der Waals surface area contributed by atoms with E-state index in [1.165, 1.54) is 5.56 Å². The van der Waals surface area contributed by atoms with Crippen LogP contribution < -0.4 is 5.32 Å². The first-order chi connectivity index (χ1) is 7.33. The molecule has 0 spiro atoms. The fourth-order valence-corrected chi connectivity index (χ4v) is 2.17. The Bertz CT molecular complexity index is 299. The van der Waals surface area contributed by atoms with Gasteiger partial charge in [-0.15, -0.1) is 0 Å². The lowest BCUT2D eigenvalue weighted by Gasteiger charge is -2.10. The number of hydrogen-bond acceptors (Lipinski definition) is 2. The van der Waals surface area contributed by atoms with Gasteiger partial charge in [0.25, 0.3) is 0 Å². The number of rotatable bonds is 5. The molecule has 2 N–H and O–H groups in total. The van der Waals surface area contributed by atoms with Crippen LogP contribution in [0.2, 0.25) is 0 Å². The van der Waals surface area contributed by atoms with Gasteiger partial charge in [0.15, 0.2) is 0 Å². The minimum atomic E-state index is -0.185. The summed E-state index contributed by atoms with van der Waals surface area (Å²) in [6.45, 7) is 3.72. The molecule has 15 heavy (non-hydrogen) atoms. The summed E-state index contributed by atoms with van der Waals surface area (Å²) in [6, 6.07) is 10.5. The summed E-state index contributed by atoms with van der Waals surface area (Å²) in [7, 11) is 0. The third-order valence-corrected chi connectivity index (χ3v) is 3.17. The highest BCUT2D eigenvalue weighted by atomic mass is 16.3. The minimum Gasteiger partial charge on any atom is -0.391 e. The molecule has 1 aliphatic carbocycles. The van der Waals surface area contributed by atoms with Crippen molar-refractivity contribution in [1.29, 1.82) is 0 Å². The van der Waals surface area contributed by atoms with Gasteiger partial charge < -0.3 is 10.4 Å². The first kappa shape index (κ1) is 10.7. The maximum absolute atomic E-state index is 9.89. The summed E-state index contributed by atoms with van der Waals surface area (Å²) in [5.74, 6) is 1.05. The van der Waals surface area contributed by atoms with Crippen LogP contribution in [0.25, 0.3) is 0 Å². The molecule has 3 atom stereocenters. The largest absolute Gasteiger partial charge is 0.391 e. The van der Waals surface area contributed by atoms with Gasteiger partial charge in [0, 0.05) is 6.54 Å². The lowest BCUT2D eigenvalue weighted by Crippen LogP contribution is -2.28. The predicted octanol–water partition coefficient (Wildman–Crippen LogP) is 1.76. The average molecular weight is 205 g/mol. The van der Waals surface area contributed by atoms with Gasteiger partial charge >= 0.3 is 0 Å².